The average Bonchev–Trinajstić information content (AvgIpc) is 3.40. The molecule has 3 rings (SSSR count). The Morgan fingerprint density at radius 1 is 1.33 bits per heavy atom. The summed E-state index contributed by atoms with van der Waals surface area (Å²) in [4.78, 5) is 36.4. The van der Waals surface area contributed by atoms with Gasteiger partial charge in [0.05, 0.1) is 11.5 Å². The van der Waals surface area contributed by atoms with Crippen LogP contribution in [0.3, 0.4) is 0 Å². The summed E-state index contributed by atoms with van der Waals surface area (Å²) >= 11 is 0. The minimum atomic E-state index is -1.41. The van der Waals surface area contributed by atoms with E-state index in [1.165, 1.54) is 6.92 Å². The van der Waals surface area contributed by atoms with Gasteiger partial charge in [0.25, 0.3) is 0 Å². The fourth-order valence-electron chi connectivity index (χ4n) is 4.10. The van der Waals surface area contributed by atoms with Gasteiger partial charge in [-0.25, -0.2) is 9.59 Å². The first-order valence-corrected chi connectivity index (χ1v) is 9.93. The first kappa shape index (κ1) is 22.2. The summed E-state index contributed by atoms with van der Waals surface area (Å²) < 4.78 is 22.3. The molecule has 2 saturated heterocycles. The lowest BCUT2D eigenvalue weighted by molar-refractivity contribution is -0.152. The van der Waals surface area contributed by atoms with Gasteiger partial charge in [-0.2, -0.15) is 0 Å². The van der Waals surface area contributed by atoms with E-state index in [0.717, 1.165) is 0 Å². The molecule has 7 atom stereocenters. The molecule has 1 aliphatic carbocycles. The Labute approximate surface area is 175 Å². The van der Waals surface area contributed by atoms with Crippen molar-refractivity contribution in [1.29, 1.82) is 0 Å². The van der Waals surface area contributed by atoms with Crippen molar-refractivity contribution in [1.82, 2.24) is 0 Å². The molecule has 8 nitrogen and oxygen atoms in total. The predicted molar refractivity (Wildman–Crippen MR) is 105 cm³/mol. The van der Waals surface area contributed by atoms with Crippen molar-refractivity contribution >= 4 is 17.9 Å². The first-order valence-electron chi connectivity index (χ1n) is 9.93. The number of esters is 3. The third kappa shape index (κ3) is 4.20. The van der Waals surface area contributed by atoms with Crippen molar-refractivity contribution in [3.63, 3.8) is 0 Å². The van der Waals surface area contributed by atoms with Crippen LogP contribution in [0, 0.1) is 5.92 Å². The number of epoxide rings is 1. The van der Waals surface area contributed by atoms with Crippen molar-refractivity contribution in [2.24, 2.45) is 5.92 Å². The van der Waals surface area contributed by atoms with Crippen LogP contribution in [0.5, 0.6) is 0 Å². The van der Waals surface area contributed by atoms with E-state index in [9.17, 15) is 19.5 Å². The molecule has 2 aliphatic heterocycles. The Hall–Kier alpha value is -2.45. The number of carbonyl (C=O) groups excluding carboxylic acids is 3. The molecule has 3 aliphatic rings. The molecular weight excluding hydrogens is 392 g/mol. The lowest BCUT2D eigenvalue weighted by Crippen LogP contribution is -2.45. The largest absolute Gasteiger partial charge is 0.458 e. The van der Waals surface area contributed by atoms with E-state index in [1.54, 1.807) is 39.8 Å². The van der Waals surface area contributed by atoms with Crippen LogP contribution in [0.2, 0.25) is 0 Å². The summed E-state index contributed by atoms with van der Waals surface area (Å²) in [5.41, 5.74) is -0.232. The molecular formula is C22H28O8. The smallest absolute Gasteiger partial charge is 0.334 e. The molecule has 164 valence electrons. The molecule has 0 unspecified atom stereocenters. The zero-order chi connectivity index (χ0) is 22.4. The number of aliphatic hydroxyl groups is 1. The van der Waals surface area contributed by atoms with E-state index in [0.29, 0.717) is 11.1 Å². The molecule has 0 aromatic heterocycles. The summed E-state index contributed by atoms with van der Waals surface area (Å²) in [6.45, 7) is 11.8. The van der Waals surface area contributed by atoms with Gasteiger partial charge >= 0.3 is 17.9 Å². The maximum Gasteiger partial charge on any atom is 0.334 e. The molecule has 0 amide bonds. The average molecular weight is 420 g/mol. The van der Waals surface area contributed by atoms with Crippen LogP contribution in [0.4, 0.5) is 0 Å². The Morgan fingerprint density at radius 3 is 2.60 bits per heavy atom. The summed E-state index contributed by atoms with van der Waals surface area (Å²) in [6, 6.07) is 0. The van der Waals surface area contributed by atoms with Crippen molar-refractivity contribution in [3.8, 4) is 0 Å². The number of hydrogen-bond donors (Lipinski definition) is 1. The molecule has 0 radical (unpaired) electrons. The molecule has 0 saturated carbocycles. The van der Waals surface area contributed by atoms with Crippen LogP contribution in [-0.4, -0.2) is 59.1 Å². The van der Waals surface area contributed by atoms with Crippen LogP contribution < -0.4 is 0 Å². The fraction of sp³-hybridized carbons (Fsp3) is 0.591. The molecule has 0 aromatic rings. The summed E-state index contributed by atoms with van der Waals surface area (Å²) in [7, 11) is 0. The van der Waals surface area contributed by atoms with Crippen LogP contribution in [0.25, 0.3) is 0 Å². The quantitative estimate of drug-likeness (QED) is 0.242. The highest BCUT2D eigenvalue weighted by atomic mass is 16.6. The van der Waals surface area contributed by atoms with E-state index in [2.05, 4.69) is 6.58 Å². The van der Waals surface area contributed by atoms with Gasteiger partial charge in [0, 0.05) is 24.5 Å². The zero-order valence-electron chi connectivity index (χ0n) is 17.8. The number of rotatable bonds is 3. The van der Waals surface area contributed by atoms with Crippen LogP contribution in [0.1, 0.15) is 41.0 Å². The highest BCUT2D eigenvalue weighted by molar-refractivity contribution is 5.92. The number of hydrogen-bond acceptors (Lipinski definition) is 8. The van der Waals surface area contributed by atoms with Gasteiger partial charge in [-0.05, 0) is 39.3 Å². The third-order valence-electron chi connectivity index (χ3n) is 5.90. The molecule has 8 heteroatoms. The number of fused-ring (bicyclic) bond motifs is 2. The van der Waals surface area contributed by atoms with Gasteiger partial charge in [-0.3, -0.25) is 4.79 Å². The van der Waals surface area contributed by atoms with Crippen molar-refractivity contribution in [2.45, 2.75) is 77.2 Å². The SMILES string of the molecule is C=C1C(=O)O[C@@H]2/C=C(/C)[C@@H](OC(C)=O)[C@H]3O[C@@H]3[C@](C)(O)C[C@H](OC(=O)/C(C)=C\C)[C@@H]12. The minimum absolute atomic E-state index is 0.00654. The van der Waals surface area contributed by atoms with Gasteiger partial charge in [-0.15, -0.1) is 0 Å². The van der Waals surface area contributed by atoms with Gasteiger partial charge in [-0.1, -0.05) is 12.7 Å². The molecule has 0 bridgehead atoms. The molecule has 30 heavy (non-hydrogen) atoms. The van der Waals surface area contributed by atoms with Gasteiger partial charge in [0.1, 0.15) is 24.4 Å². The Kier molecular flexibility index (Phi) is 5.93. The summed E-state index contributed by atoms with van der Waals surface area (Å²) in [5.74, 6) is -2.33. The Balaban J connectivity index is 2.03. The van der Waals surface area contributed by atoms with Crippen LogP contribution in [-0.2, 0) is 33.3 Å². The molecule has 2 heterocycles. The van der Waals surface area contributed by atoms with E-state index in [4.69, 9.17) is 18.9 Å². The monoisotopic (exact) mass is 420 g/mol. The van der Waals surface area contributed by atoms with Crippen molar-refractivity contribution < 1.29 is 38.4 Å². The Bertz CT molecular complexity index is 836. The summed E-state index contributed by atoms with van der Waals surface area (Å²) in [5, 5.41) is 11.1. The second kappa shape index (κ2) is 8.00. The zero-order valence-corrected chi connectivity index (χ0v) is 17.8. The third-order valence-corrected chi connectivity index (χ3v) is 5.90. The number of allylic oxidation sites excluding steroid dienone is 1. The maximum atomic E-state index is 12.5. The molecule has 1 N–H and O–H groups in total. The number of ether oxygens (including phenoxy) is 4. The highest BCUT2D eigenvalue weighted by Crippen LogP contribution is 2.45. The second-order valence-corrected chi connectivity index (χ2v) is 8.36. The first-order chi connectivity index (χ1) is 14.0. The maximum absolute atomic E-state index is 12.5. The highest BCUT2D eigenvalue weighted by Gasteiger charge is 2.59. The summed E-state index contributed by atoms with van der Waals surface area (Å²) in [6.07, 6.45) is -0.261. The standard InChI is InChI=1S/C22H28O8/c1-7-10(2)20(24)29-15-9-22(6,26)19-18(30-19)17(27-13(5)23)11(3)8-14-16(15)12(4)21(25)28-14/h7-8,14-19,26H,4,9H2,1-3,5-6H3/b10-7-,11-8-/t14-,15+,16+,17-,18-,19+,22-/m1/s1. The second-order valence-electron chi connectivity index (χ2n) is 8.36. The minimum Gasteiger partial charge on any atom is -0.458 e. The van der Waals surface area contributed by atoms with Gasteiger partial charge in [0.2, 0.25) is 0 Å². The molecule has 2 fully saturated rings. The lowest BCUT2D eigenvalue weighted by Gasteiger charge is -2.33. The topological polar surface area (TPSA) is 112 Å². The fourth-order valence-corrected chi connectivity index (χ4v) is 4.10. The van der Waals surface area contributed by atoms with Crippen molar-refractivity contribution in [3.05, 3.63) is 35.5 Å². The lowest BCUT2D eigenvalue weighted by atomic mass is 9.80. The normalized spacial score (nSPS) is 40.3. The molecule has 0 spiro atoms. The van der Waals surface area contributed by atoms with E-state index in [1.807, 2.05) is 0 Å². The van der Waals surface area contributed by atoms with E-state index in [-0.39, 0.29) is 12.0 Å². The van der Waals surface area contributed by atoms with Gasteiger partial charge < -0.3 is 24.1 Å². The van der Waals surface area contributed by atoms with Crippen molar-refractivity contribution in [2.75, 3.05) is 0 Å². The van der Waals surface area contributed by atoms with E-state index >= 15 is 0 Å². The van der Waals surface area contributed by atoms with Gasteiger partial charge in [0.15, 0.2) is 6.10 Å². The number of carbonyl (C=O) groups is 3. The Morgan fingerprint density at radius 2 is 2.00 bits per heavy atom. The van der Waals surface area contributed by atoms with Crippen LogP contribution in [0.15, 0.2) is 35.5 Å². The van der Waals surface area contributed by atoms with Crippen LogP contribution >= 0.6 is 0 Å². The predicted octanol–water partition coefficient (Wildman–Crippen LogP) is 1.76. The molecule has 0 aromatic carbocycles. The van der Waals surface area contributed by atoms with E-state index < -0.39 is 59.9 Å².